The summed E-state index contributed by atoms with van der Waals surface area (Å²) in [4.78, 5) is 21.7. The number of Topliss-reactive ketones (excluding diaryl/α,β-unsaturated/α-hetero) is 1. The number of aliphatic hydroxyl groups is 1. The van der Waals surface area contributed by atoms with Crippen LogP contribution in [0.25, 0.3) is 0 Å². The van der Waals surface area contributed by atoms with E-state index in [0.717, 1.165) is 5.56 Å². The largest absolute Gasteiger partial charge is 0.479 e. The summed E-state index contributed by atoms with van der Waals surface area (Å²) in [6.45, 7) is 3.18. The Labute approximate surface area is 93.5 Å². The Morgan fingerprint density at radius 1 is 1.38 bits per heavy atom. The molecular formula is C12H14O4. The van der Waals surface area contributed by atoms with Crippen molar-refractivity contribution < 1.29 is 19.8 Å². The molecule has 1 aromatic rings. The van der Waals surface area contributed by atoms with Crippen molar-refractivity contribution in [3.05, 3.63) is 34.9 Å². The van der Waals surface area contributed by atoms with E-state index >= 15 is 0 Å². The van der Waals surface area contributed by atoms with E-state index in [1.54, 1.807) is 25.1 Å². The molecule has 1 unspecified atom stereocenters. The van der Waals surface area contributed by atoms with E-state index in [9.17, 15) is 14.7 Å². The van der Waals surface area contributed by atoms with Crippen LogP contribution in [-0.4, -0.2) is 22.0 Å². The average Bonchev–Trinajstić information content (AvgIpc) is 2.19. The summed E-state index contributed by atoms with van der Waals surface area (Å²) in [5.74, 6) is -1.28. The van der Waals surface area contributed by atoms with Crippen LogP contribution in [0.15, 0.2) is 18.2 Å². The van der Waals surface area contributed by atoms with Crippen LogP contribution in [-0.2, 0) is 16.0 Å². The fraction of sp³-hybridized carbons (Fsp3) is 0.333. The molecule has 0 aliphatic carbocycles. The number of ketones is 1. The Balaban J connectivity index is 3.13. The van der Waals surface area contributed by atoms with Gasteiger partial charge in [-0.05, 0) is 30.5 Å². The third-order valence-electron chi connectivity index (χ3n) is 2.46. The molecule has 0 heterocycles. The first-order valence-electron chi connectivity index (χ1n) is 4.92. The highest BCUT2D eigenvalue weighted by atomic mass is 16.4. The van der Waals surface area contributed by atoms with Crippen LogP contribution in [0.5, 0.6) is 0 Å². The number of carbonyl (C=O) groups is 2. The lowest BCUT2D eigenvalue weighted by molar-refractivity contribution is -0.147. The zero-order chi connectivity index (χ0) is 12.3. The normalized spacial score (nSPS) is 12.2. The molecule has 0 aliphatic heterocycles. The van der Waals surface area contributed by atoms with Gasteiger partial charge in [-0.1, -0.05) is 18.2 Å². The number of hydrogen-bond donors (Lipinski definition) is 2. The van der Waals surface area contributed by atoms with Crippen molar-refractivity contribution in [1.82, 2.24) is 0 Å². The standard InChI is InChI=1S/C12H14O4/c1-7(13)6-9-4-3-5-10(8(9)2)11(14)12(15)16/h3-5,11,14H,6H2,1-2H3,(H,15,16). The van der Waals surface area contributed by atoms with Gasteiger partial charge in [0.2, 0.25) is 0 Å². The molecule has 0 spiro atoms. The van der Waals surface area contributed by atoms with Crippen LogP contribution in [0, 0.1) is 6.92 Å². The predicted molar refractivity (Wildman–Crippen MR) is 58.2 cm³/mol. The van der Waals surface area contributed by atoms with Crippen molar-refractivity contribution >= 4 is 11.8 Å². The highest BCUT2D eigenvalue weighted by molar-refractivity contribution is 5.79. The van der Waals surface area contributed by atoms with Crippen LogP contribution in [0.2, 0.25) is 0 Å². The van der Waals surface area contributed by atoms with Crippen molar-refractivity contribution in [3.8, 4) is 0 Å². The molecule has 4 nitrogen and oxygen atoms in total. The molecule has 2 N–H and O–H groups in total. The van der Waals surface area contributed by atoms with Crippen LogP contribution >= 0.6 is 0 Å². The lowest BCUT2D eigenvalue weighted by Crippen LogP contribution is -2.13. The summed E-state index contributed by atoms with van der Waals surface area (Å²) in [5.41, 5.74) is 1.75. The number of carboxylic acids is 1. The van der Waals surface area contributed by atoms with Gasteiger partial charge < -0.3 is 10.2 Å². The summed E-state index contributed by atoms with van der Waals surface area (Å²) in [6, 6.07) is 4.96. The van der Waals surface area contributed by atoms with Gasteiger partial charge in [0.25, 0.3) is 0 Å². The second-order valence-corrected chi connectivity index (χ2v) is 3.75. The van der Waals surface area contributed by atoms with E-state index < -0.39 is 12.1 Å². The molecule has 0 bridgehead atoms. The van der Waals surface area contributed by atoms with Gasteiger partial charge in [0.15, 0.2) is 6.10 Å². The third-order valence-corrected chi connectivity index (χ3v) is 2.46. The van der Waals surface area contributed by atoms with Crippen LogP contribution in [0.3, 0.4) is 0 Å². The summed E-state index contributed by atoms with van der Waals surface area (Å²) in [7, 11) is 0. The number of aliphatic hydroxyl groups excluding tert-OH is 1. The summed E-state index contributed by atoms with van der Waals surface area (Å²) >= 11 is 0. The quantitative estimate of drug-likeness (QED) is 0.803. The van der Waals surface area contributed by atoms with Gasteiger partial charge in [-0.15, -0.1) is 0 Å². The van der Waals surface area contributed by atoms with Crippen LogP contribution in [0.4, 0.5) is 0 Å². The second kappa shape index (κ2) is 4.90. The Bertz CT molecular complexity index is 423. The third kappa shape index (κ3) is 2.67. The predicted octanol–water partition coefficient (Wildman–Crippen LogP) is 1.24. The number of hydrogen-bond acceptors (Lipinski definition) is 3. The topological polar surface area (TPSA) is 74.6 Å². The monoisotopic (exact) mass is 222 g/mol. The van der Waals surface area contributed by atoms with Gasteiger partial charge in [-0.2, -0.15) is 0 Å². The lowest BCUT2D eigenvalue weighted by Gasteiger charge is -2.12. The number of rotatable bonds is 4. The zero-order valence-electron chi connectivity index (χ0n) is 9.23. The number of benzene rings is 1. The minimum absolute atomic E-state index is 0.00469. The summed E-state index contributed by atoms with van der Waals surface area (Å²) < 4.78 is 0. The van der Waals surface area contributed by atoms with E-state index in [0.29, 0.717) is 11.1 Å². The Hall–Kier alpha value is -1.68. The van der Waals surface area contributed by atoms with E-state index in [-0.39, 0.29) is 12.2 Å². The number of carbonyl (C=O) groups excluding carboxylic acids is 1. The molecule has 0 radical (unpaired) electrons. The zero-order valence-corrected chi connectivity index (χ0v) is 9.23. The van der Waals surface area contributed by atoms with Gasteiger partial charge in [0, 0.05) is 6.42 Å². The molecule has 1 atom stereocenters. The molecule has 0 saturated heterocycles. The Kier molecular flexibility index (Phi) is 3.79. The molecule has 1 rings (SSSR count). The maximum Gasteiger partial charge on any atom is 0.337 e. The Morgan fingerprint density at radius 3 is 2.50 bits per heavy atom. The van der Waals surface area contributed by atoms with E-state index in [4.69, 9.17) is 5.11 Å². The van der Waals surface area contributed by atoms with Crippen molar-refractivity contribution in [3.63, 3.8) is 0 Å². The second-order valence-electron chi connectivity index (χ2n) is 3.75. The molecule has 4 heteroatoms. The molecule has 86 valence electrons. The van der Waals surface area contributed by atoms with Crippen molar-refractivity contribution in [2.24, 2.45) is 0 Å². The van der Waals surface area contributed by atoms with Crippen molar-refractivity contribution in [2.45, 2.75) is 26.4 Å². The minimum atomic E-state index is -1.54. The summed E-state index contributed by atoms with van der Waals surface area (Å²) in [6.07, 6.45) is -1.28. The fourth-order valence-corrected chi connectivity index (χ4v) is 1.59. The molecule has 0 amide bonds. The molecule has 0 saturated carbocycles. The fourth-order valence-electron chi connectivity index (χ4n) is 1.59. The van der Waals surface area contributed by atoms with Crippen LogP contribution < -0.4 is 0 Å². The number of aliphatic carboxylic acids is 1. The maximum atomic E-state index is 11.0. The van der Waals surface area contributed by atoms with Crippen molar-refractivity contribution in [1.29, 1.82) is 0 Å². The van der Waals surface area contributed by atoms with Crippen LogP contribution in [0.1, 0.15) is 29.7 Å². The van der Waals surface area contributed by atoms with E-state index in [1.807, 2.05) is 0 Å². The Morgan fingerprint density at radius 2 is 2.00 bits per heavy atom. The molecule has 0 aromatic heterocycles. The van der Waals surface area contributed by atoms with Crippen molar-refractivity contribution in [2.75, 3.05) is 0 Å². The van der Waals surface area contributed by atoms with Gasteiger partial charge in [0.1, 0.15) is 5.78 Å². The SMILES string of the molecule is CC(=O)Cc1cccc(C(O)C(=O)O)c1C. The van der Waals surface area contributed by atoms with Gasteiger partial charge in [-0.3, -0.25) is 4.79 Å². The highest BCUT2D eigenvalue weighted by Crippen LogP contribution is 2.21. The lowest BCUT2D eigenvalue weighted by atomic mass is 9.96. The molecule has 1 aromatic carbocycles. The average molecular weight is 222 g/mol. The number of carboxylic acid groups (broad SMARTS) is 1. The molecular weight excluding hydrogens is 208 g/mol. The molecule has 16 heavy (non-hydrogen) atoms. The molecule has 0 aliphatic rings. The molecule has 0 fully saturated rings. The first-order valence-corrected chi connectivity index (χ1v) is 4.92. The van der Waals surface area contributed by atoms with Gasteiger partial charge >= 0.3 is 5.97 Å². The van der Waals surface area contributed by atoms with E-state index in [2.05, 4.69) is 0 Å². The first-order chi connectivity index (χ1) is 7.43. The first kappa shape index (κ1) is 12.4. The van der Waals surface area contributed by atoms with E-state index in [1.165, 1.54) is 6.92 Å². The highest BCUT2D eigenvalue weighted by Gasteiger charge is 2.19. The van der Waals surface area contributed by atoms with Gasteiger partial charge in [0.05, 0.1) is 0 Å². The summed E-state index contributed by atoms with van der Waals surface area (Å²) in [5, 5.41) is 18.2. The smallest absolute Gasteiger partial charge is 0.337 e. The maximum absolute atomic E-state index is 11.0. The van der Waals surface area contributed by atoms with Gasteiger partial charge in [-0.25, -0.2) is 4.79 Å². The minimum Gasteiger partial charge on any atom is -0.479 e.